The first-order valence-electron chi connectivity index (χ1n) is 7.96. The molecule has 0 amide bonds. The number of ether oxygens (including phenoxy) is 1. The highest BCUT2D eigenvalue weighted by atomic mass is 16.5. The van der Waals surface area contributed by atoms with Gasteiger partial charge in [0, 0.05) is 12.1 Å². The lowest BCUT2D eigenvalue weighted by atomic mass is 10.2. The Morgan fingerprint density at radius 2 is 1.88 bits per heavy atom. The Balaban J connectivity index is 1.48. The monoisotopic (exact) mass is 323 g/mol. The highest BCUT2D eigenvalue weighted by Gasteiger charge is 2.10. The average Bonchev–Trinajstić information content (AvgIpc) is 3.04. The Bertz CT molecular complexity index is 771. The molecule has 0 N–H and O–H groups in total. The van der Waals surface area contributed by atoms with Crippen LogP contribution in [0.5, 0.6) is 5.75 Å². The molecule has 0 aliphatic carbocycles. The van der Waals surface area contributed by atoms with Crippen LogP contribution < -0.4 is 4.74 Å². The van der Waals surface area contributed by atoms with Gasteiger partial charge in [0.1, 0.15) is 12.4 Å². The Labute approximate surface area is 141 Å². The number of aromatic nitrogens is 2. The standard InChI is InChI=1S/C19H21N3O2/c1-15-7-6-10-17(13-15)23-12-11-22(2)14-18-20-21-19(24-18)16-8-4-3-5-9-16/h3-10,13H,11-12,14H2,1-2H3. The fourth-order valence-corrected chi connectivity index (χ4v) is 2.35. The van der Waals surface area contributed by atoms with E-state index in [1.807, 2.05) is 55.6 Å². The quantitative estimate of drug-likeness (QED) is 0.665. The van der Waals surface area contributed by atoms with Crippen LogP contribution in [0.2, 0.25) is 0 Å². The molecule has 0 fully saturated rings. The molecule has 2 aromatic carbocycles. The highest BCUT2D eigenvalue weighted by Crippen LogP contribution is 2.17. The summed E-state index contributed by atoms with van der Waals surface area (Å²) in [5.74, 6) is 2.05. The van der Waals surface area contributed by atoms with Crippen LogP contribution in [0.15, 0.2) is 59.0 Å². The van der Waals surface area contributed by atoms with E-state index in [2.05, 4.69) is 28.1 Å². The summed E-state index contributed by atoms with van der Waals surface area (Å²) in [7, 11) is 2.01. The minimum absolute atomic E-state index is 0.551. The van der Waals surface area contributed by atoms with Gasteiger partial charge in [-0.25, -0.2) is 0 Å². The summed E-state index contributed by atoms with van der Waals surface area (Å²) < 4.78 is 11.5. The molecule has 0 spiro atoms. The minimum atomic E-state index is 0.551. The average molecular weight is 323 g/mol. The van der Waals surface area contributed by atoms with E-state index in [-0.39, 0.29) is 0 Å². The highest BCUT2D eigenvalue weighted by molar-refractivity contribution is 5.51. The van der Waals surface area contributed by atoms with E-state index in [0.29, 0.717) is 24.9 Å². The molecule has 24 heavy (non-hydrogen) atoms. The predicted molar refractivity (Wildman–Crippen MR) is 92.7 cm³/mol. The lowest BCUT2D eigenvalue weighted by Crippen LogP contribution is -2.24. The molecule has 1 aromatic heterocycles. The predicted octanol–water partition coefficient (Wildman–Crippen LogP) is 3.56. The summed E-state index contributed by atoms with van der Waals surface area (Å²) in [5.41, 5.74) is 2.13. The first-order chi connectivity index (χ1) is 11.7. The van der Waals surface area contributed by atoms with Crippen LogP contribution in [0.4, 0.5) is 0 Å². The van der Waals surface area contributed by atoms with Gasteiger partial charge in [-0.3, -0.25) is 4.90 Å². The van der Waals surface area contributed by atoms with Crippen molar-refractivity contribution < 1.29 is 9.15 Å². The molecule has 124 valence electrons. The normalized spacial score (nSPS) is 11.0. The van der Waals surface area contributed by atoms with Gasteiger partial charge in [-0.15, -0.1) is 10.2 Å². The van der Waals surface area contributed by atoms with Crippen molar-refractivity contribution in [2.45, 2.75) is 13.5 Å². The molecular weight excluding hydrogens is 302 g/mol. The zero-order chi connectivity index (χ0) is 16.8. The summed E-state index contributed by atoms with van der Waals surface area (Å²) in [6.45, 7) is 4.03. The van der Waals surface area contributed by atoms with Crippen molar-refractivity contribution in [1.82, 2.24) is 15.1 Å². The maximum atomic E-state index is 5.76. The van der Waals surface area contributed by atoms with Crippen molar-refractivity contribution in [3.05, 3.63) is 66.1 Å². The van der Waals surface area contributed by atoms with Gasteiger partial charge in [-0.2, -0.15) is 0 Å². The number of hydrogen-bond donors (Lipinski definition) is 0. The second kappa shape index (κ2) is 7.75. The second-order valence-corrected chi connectivity index (χ2v) is 5.77. The molecule has 0 atom stereocenters. The molecule has 3 aromatic rings. The second-order valence-electron chi connectivity index (χ2n) is 5.77. The van der Waals surface area contributed by atoms with Crippen molar-refractivity contribution in [3.63, 3.8) is 0 Å². The van der Waals surface area contributed by atoms with Crippen molar-refractivity contribution >= 4 is 0 Å². The van der Waals surface area contributed by atoms with Crippen molar-refractivity contribution in [2.24, 2.45) is 0 Å². The van der Waals surface area contributed by atoms with Gasteiger partial charge >= 0.3 is 0 Å². The molecule has 3 rings (SSSR count). The van der Waals surface area contributed by atoms with E-state index in [4.69, 9.17) is 9.15 Å². The number of likely N-dealkylation sites (N-methyl/N-ethyl adjacent to an activating group) is 1. The van der Waals surface area contributed by atoms with Crippen LogP contribution in [0, 0.1) is 6.92 Å². The van der Waals surface area contributed by atoms with E-state index < -0.39 is 0 Å². The van der Waals surface area contributed by atoms with Crippen molar-refractivity contribution in [2.75, 3.05) is 20.2 Å². The number of rotatable bonds is 7. The summed E-state index contributed by atoms with van der Waals surface area (Å²) in [6.07, 6.45) is 0. The summed E-state index contributed by atoms with van der Waals surface area (Å²) >= 11 is 0. The zero-order valence-corrected chi connectivity index (χ0v) is 14.0. The van der Waals surface area contributed by atoms with Crippen molar-refractivity contribution in [1.29, 1.82) is 0 Å². The van der Waals surface area contributed by atoms with Gasteiger partial charge in [-0.1, -0.05) is 30.3 Å². The first kappa shape index (κ1) is 16.2. The van der Waals surface area contributed by atoms with Gasteiger partial charge in [0.2, 0.25) is 11.8 Å². The number of hydrogen-bond acceptors (Lipinski definition) is 5. The molecule has 1 heterocycles. The number of benzene rings is 2. The lowest BCUT2D eigenvalue weighted by Gasteiger charge is -2.14. The van der Waals surface area contributed by atoms with E-state index in [0.717, 1.165) is 17.9 Å². The summed E-state index contributed by atoms with van der Waals surface area (Å²) in [5, 5.41) is 8.21. The molecule has 0 unspecified atom stereocenters. The third-order valence-electron chi connectivity index (χ3n) is 3.62. The van der Waals surface area contributed by atoms with Crippen LogP contribution in [0.3, 0.4) is 0 Å². The molecule has 0 bridgehead atoms. The van der Waals surface area contributed by atoms with Gasteiger partial charge in [0.05, 0.1) is 6.54 Å². The summed E-state index contributed by atoms with van der Waals surface area (Å²) in [6, 6.07) is 17.8. The van der Waals surface area contributed by atoms with E-state index in [1.165, 1.54) is 5.56 Å². The van der Waals surface area contributed by atoms with Crippen LogP contribution in [-0.4, -0.2) is 35.3 Å². The molecule has 5 nitrogen and oxygen atoms in total. The minimum Gasteiger partial charge on any atom is -0.492 e. The zero-order valence-electron chi connectivity index (χ0n) is 14.0. The Morgan fingerprint density at radius 3 is 2.67 bits per heavy atom. The van der Waals surface area contributed by atoms with Crippen LogP contribution in [-0.2, 0) is 6.54 Å². The van der Waals surface area contributed by atoms with Gasteiger partial charge in [0.25, 0.3) is 0 Å². The number of aryl methyl sites for hydroxylation is 1. The fraction of sp³-hybridized carbons (Fsp3) is 0.263. The SMILES string of the molecule is Cc1cccc(OCCN(C)Cc2nnc(-c3ccccc3)o2)c1. The smallest absolute Gasteiger partial charge is 0.247 e. The van der Waals surface area contributed by atoms with Gasteiger partial charge in [-0.05, 0) is 43.8 Å². The topological polar surface area (TPSA) is 51.4 Å². The summed E-state index contributed by atoms with van der Waals surface area (Å²) in [4.78, 5) is 2.10. The molecule has 0 aliphatic heterocycles. The maximum Gasteiger partial charge on any atom is 0.247 e. The van der Waals surface area contributed by atoms with Gasteiger partial charge < -0.3 is 9.15 Å². The molecule has 5 heteroatoms. The third-order valence-corrected chi connectivity index (χ3v) is 3.62. The molecule has 0 saturated heterocycles. The Hall–Kier alpha value is -2.66. The maximum absolute atomic E-state index is 5.76. The first-order valence-corrected chi connectivity index (χ1v) is 7.96. The fourth-order valence-electron chi connectivity index (χ4n) is 2.35. The van der Waals surface area contributed by atoms with Crippen molar-refractivity contribution in [3.8, 4) is 17.2 Å². The van der Waals surface area contributed by atoms with E-state index in [1.54, 1.807) is 0 Å². The van der Waals surface area contributed by atoms with E-state index in [9.17, 15) is 0 Å². The van der Waals surface area contributed by atoms with Crippen LogP contribution >= 0.6 is 0 Å². The number of nitrogens with zero attached hydrogens (tertiary/aromatic N) is 3. The molecule has 0 saturated carbocycles. The lowest BCUT2D eigenvalue weighted by molar-refractivity contribution is 0.220. The van der Waals surface area contributed by atoms with E-state index >= 15 is 0 Å². The molecule has 0 aliphatic rings. The molecular formula is C19H21N3O2. The van der Waals surface area contributed by atoms with Gasteiger partial charge in [0.15, 0.2) is 0 Å². The van der Waals surface area contributed by atoms with Crippen LogP contribution in [0.25, 0.3) is 11.5 Å². The Morgan fingerprint density at radius 1 is 1.04 bits per heavy atom. The Kier molecular flexibility index (Phi) is 5.23. The third kappa shape index (κ3) is 4.43. The van der Waals surface area contributed by atoms with Crippen LogP contribution in [0.1, 0.15) is 11.5 Å². The largest absolute Gasteiger partial charge is 0.492 e. The molecule has 0 radical (unpaired) electrons.